The van der Waals surface area contributed by atoms with E-state index < -0.39 is 0 Å². The summed E-state index contributed by atoms with van der Waals surface area (Å²) in [5, 5.41) is 2.64. The summed E-state index contributed by atoms with van der Waals surface area (Å²) in [7, 11) is 0. The largest absolute Gasteiger partial charge is 0.358 e. The van der Waals surface area contributed by atoms with Gasteiger partial charge in [-0.2, -0.15) is 0 Å². The highest BCUT2D eigenvalue weighted by Crippen LogP contribution is 2.14. The maximum atomic E-state index is 5.68. The number of thioether (sulfide) groups is 1. The maximum Gasteiger partial charge on any atom is 0.140 e. The van der Waals surface area contributed by atoms with Crippen molar-refractivity contribution < 1.29 is 0 Å². The minimum Gasteiger partial charge on any atom is -0.358 e. The van der Waals surface area contributed by atoms with Crippen molar-refractivity contribution in [2.45, 2.75) is 20.8 Å². The van der Waals surface area contributed by atoms with Crippen molar-refractivity contribution in [3.63, 3.8) is 0 Å². The van der Waals surface area contributed by atoms with E-state index in [2.05, 4.69) is 18.7 Å². The van der Waals surface area contributed by atoms with Gasteiger partial charge in [0.15, 0.2) is 0 Å². The molecule has 0 amide bonds. The van der Waals surface area contributed by atoms with Crippen LogP contribution in [0.3, 0.4) is 0 Å². The summed E-state index contributed by atoms with van der Waals surface area (Å²) in [5.41, 5.74) is 0. The van der Waals surface area contributed by atoms with Gasteiger partial charge in [-0.05, 0) is 26.2 Å². The van der Waals surface area contributed by atoms with Crippen LogP contribution in [0.4, 0.5) is 0 Å². The lowest BCUT2D eigenvalue weighted by molar-refractivity contribution is 0.482. The molecule has 0 spiro atoms. The van der Waals surface area contributed by atoms with Gasteiger partial charge in [-0.1, -0.05) is 35.6 Å². The second-order valence-electron chi connectivity index (χ2n) is 2.26. The molecule has 0 N–H and O–H groups in total. The molecule has 0 fully saturated rings. The predicted octanol–water partition coefficient (Wildman–Crippen LogP) is 3.45. The van der Waals surface area contributed by atoms with E-state index in [-0.39, 0.29) is 0 Å². The van der Waals surface area contributed by atoms with Gasteiger partial charge >= 0.3 is 0 Å². The molecule has 0 radical (unpaired) electrons. The standard InChI is InChI=1S/C8H14ClNS2/c1-4-10(5-2)8(11)12-6-7(3)9/h6H,4-5H2,1-3H3. The maximum absolute atomic E-state index is 5.68. The molecule has 0 aromatic carbocycles. The average Bonchev–Trinajstić information content (AvgIpc) is 2.03. The molecule has 0 saturated heterocycles. The van der Waals surface area contributed by atoms with Crippen molar-refractivity contribution in [1.29, 1.82) is 0 Å². The van der Waals surface area contributed by atoms with E-state index >= 15 is 0 Å². The van der Waals surface area contributed by atoms with Gasteiger partial charge in [-0.3, -0.25) is 0 Å². The van der Waals surface area contributed by atoms with Crippen LogP contribution in [0.15, 0.2) is 10.4 Å². The van der Waals surface area contributed by atoms with E-state index in [9.17, 15) is 0 Å². The minimum atomic E-state index is 0.773. The Balaban J connectivity index is 3.93. The molecule has 12 heavy (non-hydrogen) atoms. The van der Waals surface area contributed by atoms with Crippen LogP contribution in [0.5, 0.6) is 0 Å². The van der Waals surface area contributed by atoms with Gasteiger partial charge in [0.25, 0.3) is 0 Å². The highest BCUT2D eigenvalue weighted by molar-refractivity contribution is 8.24. The highest BCUT2D eigenvalue weighted by Gasteiger charge is 2.03. The molecule has 0 saturated carbocycles. The fourth-order valence-corrected chi connectivity index (χ4v) is 1.89. The van der Waals surface area contributed by atoms with Crippen LogP contribution in [0.25, 0.3) is 0 Å². The van der Waals surface area contributed by atoms with Crippen molar-refractivity contribution in [1.82, 2.24) is 4.90 Å². The highest BCUT2D eigenvalue weighted by atomic mass is 35.5. The van der Waals surface area contributed by atoms with E-state index in [1.807, 2.05) is 12.3 Å². The van der Waals surface area contributed by atoms with E-state index in [0.717, 1.165) is 22.4 Å². The summed E-state index contributed by atoms with van der Waals surface area (Å²) in [5.74, 6) is 0. The van der Waals surface area contributed by atoms with Crippen LogP contribution in [0.2, 0.25) is 0 Å². The fraction of sp³-hybridized carbons (Fsp3) is 0.625. The van der Waals surface area contributed by atoms with Crippen LogP contribution < -0.4 is 0 Å². The van der Waals surface area contributed by atoms with Gasteiger partial charge in [-0.15, -0.1) is 0 Å². The van der Waals surface area contributed by atoms with Crippen molar-refractivity contribution >= 4 is 39.9 Å². The third kappa shape index (κ3) is 5.01. The molecule has 4 heteroatoms. The minimum absolute atomic E-state index is 0.773. The Hall–Kier alpha value is 0.270. The summed E-state index contributed by atoms with van der Waals surface area (Å²) >= 11 is 12.4. The van der Waals surface area contributed by atoms with Crippen LogP contribution >= 0.6 is 35.6 Å². The van der Waals surface area contributed by atoms with E-state index in [0.29, 0.717) is 0 Å². The molecule has 0 unspecified atom stereocenters. The molecule has 0 aliphatic carbocycles. The second kappa shape index (κ2) is 6.75. The molecule has 0 aromatic rings. The lowest BCUT2D eigenvalue weighted by atomic mass is 10.6. The van der Waals surface area contributed by atoms with Gasteiger partial charge in [0.1, 0.15) is 4.32 Å². The number of rotatable bonds is 3. The van der Waals surface area contributed by atoms with Crippen LogP contribution in [-0.2, 0) is 0 Å². The smallest absolute Gasteiger partial charge is 0.140 e. The van der Waals surface area contributed by atoms with E-state index in [1.165, 1.54) is 11.8 Å². The number of nitrogens with zero attached hydrogens (tertiary/aromatic N) is 1. The van der Waals surface area contributed by atoms with Crippen molar-refractivity contribution in [3.8, 4) is 0 Å². The first kappa shape index (κ1) is 12.3. The number of hydrogen-bond acceptors (Lipinski definition) is 2. The molecule has 0 aromatic heterocycles. The number of thiocarbonyl (C=S) groups is 1. The summed E-state index contributed by atoms with van der Waals surface area (Å²) in [6.45, 7) is 7.94. The molecular formula is C8H14ClNS2. The Kier molecular flexibility index (Phi) is 6.90. The third-order valence-corrected chi connectivity index (χ3v) is 3.06. The summed E-state index contributed by atoms with van der Waals surface area (Å²) < 4.78 is 0.889. The van der Waals surface area contributed by atoms with Gasteiger partial charge in [0.05, 0.1) is 0 Å². The molecule has 0 rings (SSSR count). The second-order valence-corrected chi connectivity index (χ2v) is 4.36. The zero-order valence-corrected chi connectivity index (χ0v) is 10.0. The zero-order chi connectivity index (χ0) is 9.56. The topological polar surface area (TPSA) is 3.24 Å². The third-order valence-electron chi connectivity index (χ3n) is 1.34. The molecule has 70 valence electrons. The number of hydrogen-bond donors (Lipinski definition) is 0. The molecule has 0 atom stereocenters. The monoisotopic (exact) mass is 223 g/mol. The first-order valence-electron chi connectivity index (χ1n) is 3.89. The summed E-state index contributed by atoms with van der Waals surface area (Å²) in [4.78, 5) is 2.12. The van der Waals surface area contributed by atoms with Crippen LogP contribution in [0.1, 0.15) is 20.8 Å². The summed E-state index contributed by atoms with van der Waals surface area (Å²) in [6, 6.07) is 0. The van der Waals surface area contributed by atoms with Crippen molar-refractivity contribution in [3.05, 3.63) is 10.4 Å². The van der Waals surface area contributed by atoms with E-state index in [1.54, 1.807) is 0 Å². The molecule has 0 aliphatic rings. The fourth-order valence-electron chi connectivity index (χ4n) is 0.688. The molecule has 1 nitrogen and oxygen atoms in total. The van der Waals surface area contributed by atoms with Gasteiger partial charge in [0, 0.05) is 18.1 Å². The van der Waals surface area contributed by atoms with Gasteiger partial charge < -0.3 is 4.90 Å². The van der Waals surface area contributed by atoms with Crippen LogP contribution in [0, 0.1) is 0 Å². The van der Waals surface area contributed by atoms with E-state index in [4.69, 9.17) is 23.8 Å². The van der Waals surface area contributed by atoms with Gasteiger partial charge in [-0.25, -0.2) is 0 Å². The molecule has 0 heterocycles. The molecule has 0 bridgehead atoms. The molecular weight excluding hydrogens is 210 g/mol. The Bertz CT molecular complexity index is 172. The Morgan fingerprint density at radius 3 is 2.33 bits per heavy atom. The number of halogens is 1. The Morgan fingerprint density at radius 2 is 2.00 bits per heavy atom. The quantitative estimate of drug-likeness (QED) is 0.675. The Morgan fingerprint density at radius 1 is 1.50 bits per heavy atom. The normalized spacial score (nSPS) is 11.5. The average molecular weight is 224 g/mol. The first-order chi connectivity index (χ1) is 5.61. The van der Waals surface area contributed by atoms with Crippen molar-refractivity contribution in [2.75, 3.05) is 13.1 Å². The molecule has 0 aliphatic heterocycles. The van der Waals surface area contributed by atoms with Gasteiger partial charge in [0.2, 0.25) is 0 Å². The Labute approximate surface area is 89.1 Å². The lowest BCUT2D eigenvalue weighted by Gasteiger charge is -2.19. The van der Waals surface area contributed by atoms with Crippen molar-refractivity contribution in [2.24, 2.45) is 0 Å². The SMILES string of the molecule is CCN(CC)C(=S)SC=C(C)Cl. The zero-order valence-electron chi connectivity index (χ0n) is 7.63. The summed E-state index contributed by atoms with van der Waals surface area (Å²) in [6.07, 6.45) is 0. The lowest BCUT2D eigenvalue weighted by Crippen LogP contribution is -2.26. The number of allylic oxidation sites excluding steroid dienone is 1. The predicted molar refractivity (Wildman–Crippen MR) is 62.7 cm³/mol. The van der Waals surface area contributed by atoms with Crippen LogP contribution in [-0.4, -0.2) is 22.3 Å². The first-order valence-corrected chi connectivity index (χ1v) is 5.56.